The van der Waals surface area contributed by atoms with Gasteiger partial charge in [-0.1, -0.05) is 24.3 Å². The van der Waals surface area contributed by atoms with Crippen LogP contribution in [0.25, 0.3) is 0 Å². The Morgan fingerprint density at radius 1 is 1.33 bits per heavy atom. The van der Waals surface area contributed by atoms with Gasteiger partial charge in [-0.05, 0) is 12.1 Å². The van der Waals surface area contributed by atoms with E-state index in [1.54, 1.807) is 18.2 Å². The summed E-state index contributed by atoms with van der Waals surface area (Å²) in [7, 11) is -3.97. The molecule has 0 bridgehead atoms. The summed E-state index contributed by atoms with van der Waals surface area (Å²) in [6, 6.07) is 8.13. The van der Waals surface area contributed by atoms with Crippen molar-refractivity contribution >= 4 is 48.1 Å². The van der Waals surface area contributed by atoms with E-state index in [4.69, 9.17) is 0 Å². The van der Waals surface area contributed by atoms with E-state index >= 15 is 0 Å². The van der Waals surface area contributed by atoms with Crippen LogP contribution in [0.2, 0.25) is 0 Å². The van der Waals surface area contributed by atoms with Crippen molar-refractivity contribution in [1.29, 1.82) is 0 Å². The molecule has 0 aromatic heterocycles. The summed E-state index contributed by atoms with van der Waals surface area (Å²) in [4.78, 5) is 0. The summed E-state index contributed by atoms with van der Waals surface area (Å²) in [5.41, 5.74) is 0. The van der Waals surface area contributed by atoms with Crippen LogP contribution in [-0.4, -0.2) is 52.8 Å². The first-order valence-corrected chi connectivity index (χ1v) is 5.22. The second-order valence-electron chi connectivity index (χ2n) is 2.38. The van der Waals surface area contributed by atoms with E-state index in [1.807, 2.05) is 0 Å². The number of hydrogen-bond donors (Lipinski definition) is 0. The van der Waals surface area contributed by atoms with Gasteiger partial charge in [0.25, 0.3) is 0 Å². The van der Waals surface area contributed by atoms with E-state index in [0.29, 0.717) is 0 Å². The first kappa shape index (κ1) is 14.9. The Morgan fingerprint density at radius 3 is 2.47 bits per heavy atom. The molecule has 0 amide bonds. The van der Waals surface area contributed by atoms with Crippen LogP contribution in [0.1, 0.15) is 2.85 Å². The summed E-state index contributed by atoms with van der Waals surface area (Å²) in [6.45, 7) is 3.22. The Bertz CT molecular complexity index is 397. The molecule has 0 saturated carbocycles. The summed E-state index contributed by atoms with van der Waals surface area (Å²) >= 11 is 0. The molecular weight excluding hydrogens is 244 g/mol. The summed E-state index contributed by atoms with van der Waals surface area (Å²) < 4.78 is 31.2. The molecule has 0 aliphatic carbocycles. The maximum Gasteiger partial charge on any atom is 2.00 e. The molecule has 4 nitrogen and oxygen atoms in total. The van der Waals surface area contributed by atoms with Crippen LogP contribution in [-0.2, 0) is 14.6 Å². The summed E-state index contributed by atoms with van der Waals surface area (Å²) in [6.07, 6.45) is 1.33. The third-order valence-corrected chi connectivity index (χ3v) is 2.09. The second-order valence-corrected chi connectivity index (χ2v) is 3.60. The maximum atomic E-state index is 11.1. The first-order chi connectivity index (χ1) is 6.64. The molecule has 0 atom stereocenters. The van der Waals surface area contributed by atoms with Gasteiger partial charge in [-0.3, -0.25) is 0 Å². The third-order valence-electron chi connectivity index (χ3n) is 1.27. The van der Waals surface area contributed by atoms with Crippen molar-refractivity contribution in [2.75, 3.05) is 6.61 Å². The largest absolute Gasteiger partial charge is 2.00 e. The van der Waals surface area contributed by atoms with Crippen molar-refractivity contribution in [2.24, 2.45) is 0 Å². The maximum absolute atomic E-state index is 11.1. The van der Waals surface area contributed by atoms with E-state index in [0.717, 1.165) is 0 Å². The molecule has 0 N–H and O–H groups in total. The summed E-state index contributed by atoms with van der Waals surface area (Å²) in [5.74, 6) is 0.219. The Kier molecular flexibility index (Phi) is 7.21. The zero-order chi connectivity index (χ0) is 10.4. The van der Waals surface area contributed by atoms with E-state index in [9.17, 15) is 8.42 Å². The van der Waals surface area contributed by atoms with E-state index in [-0.39, 0.29) is 52.9 Å². The van der Waals surface area contributed by atoms with Gasteiger partial charge in [-0.2, -0.15) is 8.42 Å². The summed E-state index contributed by atoms with van der Waals surface area (Å²) in [5, 5.41) is 0. The molecule has 1 aromatic carbocycles. The molecule has 80 valence electrons. The second kappa shape index (κ2) is 7.24. The molecule has 15 heavy (non-hydrogen) atoms. The fourth-order valence-electron chi connectivity index (χ4n) is 0.749. The smallest absolute Gasteiger partial charge is 1.00 e. The molecule has 0 heterocycles. The van der Waals surface area contributed by atoms with Crippen LogP contribution in [0.3, 0.4) is 0 Å². The minimum absolute atomic E-state index is 0. The number of para-hydroxylation sites is 1. The van der Waals surface area contributed by atoms with Gasteiger partial charge in [0.2, 0.25) is 0 Å². The van der Waals surface area contributed by atoms with Crippen molar-refractivity contribution in [2.45, 2.75) is 0 Å². The average molecular weight is 256 g/mol. The molecule has 0 spiro atoms. The van der Waals surface area contributed by atoms with Crippen LogP contribution < -0.4 is 4.18 Å². The quantitative estimate of drug-likeness (QED) is 0.589. The zero-order valence-corrected chi connectivity index (χ0v) is 11.2. The molecule has 0 aliphatic heterocycles. The zero-order valence-electron chi connectivity index (χ0n) is 10.1. The van der Waals surface area contributed by atoms with Crippen LogP contribution in [0.4, 0.5) is 0 Å². The molecular formula is C9H12CaO4S. The SMILES string of the molecule is C=CCOS(=O)(=O)Oc1ccccc1.[Ca+2].[H-].[H-]. The molecule has 0 unspecified atom stereocenters. The van der Waals surface area contributed by atoms with Gasteiger partial charge in [0.05, 0.1) is 6.61 Å². The van der Waals surface area contributed by atoms with Crippen molar-refractivity contribution in [3.63, 3.8) is 0 Å². The van der Waals surface area contributed by atoms with Crippen LogP contribution in [0.5, 0.6) is 5.75 Å². The van der Waals surface area contributed by atoms with E-state index in [2.05, 4.69) is 14.9 Å². The molecule has 1 rings (SSSR count). The topological polar surface area (TPSA) is 52.6 Å². The van der Waals surface area contributed by atoms with Gasteiger partial charge < -0.3 is 7.04 Å². The number of hydrogen-bond acceptors (Lipinski definition) is 4. The van der Waals surface area contributed by atoms with E-state index < -0.39 is 10.4 Å². The molecule has 1 aromatic rings. The normalized spacial score (nSPS) is 10.1. The minimum Gasteiger partial charge on any atom is -1.00 e. The van der Waals surface area contributed by atoms with Gasteiger partial charge in [0, 0.05) is 0 Å². The molecule has 0 aliphatic rings. The molecule has 6 heteroatoms. The predicted octanol–water partition coefficient (Wildman–Crippen LogP) is 1.36. The first-order valence-electron chi connectivity index (χ1n) is 3.89. The molecule has 0 saturated heterocycles. The number of rotatable bonds is 5. The number of benzene rings is 1. The standard InChI is InChI=1S/C9H10O4S.Ca.2H/c1-2-8-12-14(10,11)13-9-6-4-3-5-7-9;;;/h2-7H,1,8H2;;;/q;+2;2*-1. The van der Waals surface area contributed by atoms with Crippen molar-refractivity contribution in [1.82, 2.24) is 0 Å². The van der Waals surface area contributed by atoms with Gasteiger partial charge in [-0.25, -0.2) is 4.18 Å². The average Bonchev–Trinajstić information content (AvgIpc) is 2.16. The van der Waals surface area contributed by atoms with Crippen molar-refractivity contribution in [3.8, 4) is 5.75 Å². The fourth-order valence-corrected chi connectivity index (χ4v) is 1.41. The van der Waals surface area contributed by atoms with Crippen molar-refractivity contribution in [3.05, 3.63) is 43.0 Å². The van der Waals surface area contributed by atoms with Gasteiger partial charge in [0.15, 0.2) is 0 Å². The fraction of sp³-hybridized carbons (Fsp3) is 0.111. The Balaban J connectivity index is -0.000000653. The van der Waals surface area contributed by atoms with Crippen molar-refractivity contribution < 1.29 is 19.6 Å². The minimum atomic E-state index is -3.97. The monoisotopic (exact) mass is 256 g/mol. The van der Waals surface area contributed by atoms with Gasteiger partial charge >= 0.3 is 48.1 Å². The van der Waals surface area contributed by atoms with Crippen LogP contribution in [0.15, 0.2) is 43.0 Å². The van der Waals surface area contributed by atoms with Crippen LogP contribution >= 0.6 is 0 Å². The van der Waals surface area contributed by atoms with E-state index in [1.165, 1.54) is 18.2 Å². The van der Waals surface area contributed by atoms with Crippen LogP contribution in [0, 0.1) is 0 Å². The van der Waals surface area contributed by atoms with Gasteiger partial charge in [0.1, 0.15) is 5.75 Å². The Labute approximate surface area is 122 Å². The molecule has 0 fully saturated rings. The Morgan fingerprint density at radius 2 is 1.93 bits per heavy atom. The van der Waals surface area contributed by atoms with Gasteiger partial charge in [-0.15, -0.1) is 6.58 Å². The predicted molar refractivity (Wildman–Crippen MR) is 60.1 cm³/mol. The third kappa shape index (κ3) is 6.17. The molecule has 0 radical (unpaired) electrons. The Hall–Kier alpha value is -0.0703.